The van der Waals surface area contributed by atoms with E-state index in [0.29, 0.717) is 12.4 Å². The van der Waals surface area contributed by atoms with E-state index >= 15 is 0 Å². The Morgan fingerprint density at radius 3 is 2.94 bits per heavy atom. The van der Waals surface area contributed by atoms with Gasteiger partial charge in [0.15, 0.2) is 5.76 Å². The molecule has 0 bridgehead atoms. The largest absolute Gasteiger partial charge is 0.439 e. The average Bonchev–Trinajstić information content (AvgIpc) is 2.79. The molecule has 0 aliphatic rings. The average molecular weight is 251 g/mol. The van der Waals surface area contributed by atoms with Gasteiger partial charge in [-0.25, -0.2) is 4.98 Å². The van der Waals surface area contributed by atoms with Crippen molar-refractivity contribution in [3.8, 4) is 11.3 Å². The van der Waals surface area contributed by atoms with Gasteiger partial charge in [0.05, 0.1) is 12.7 Å². The molecule has 90 valence electrons. The van der Waals surface area contributed by atoms with Crippen LogP contribution in [0.2, 0.25) is 5.02 Å². The van der Waals surface area contributed by atoms with E-state index in [9.17, 15) is 0 Å². The molecule has 0 saturated carbocycles. The Morgan fingerprint density at radius 1 is 1.41 bits per heavy atom. The van der Waals surface area contributed by atoms with Crippen molar-refractivity contribution in [1.82, 2.24) is 10.3 Å². The second kappa shape index (κ2) is 5.34. The smallest absolute Gasteiger partial charge is 0.208 e. The van der Waals surface area contributed by atoms with Gasteiger partial charge < -0.3 is 9.73 Å². The van der Waals surface area contributed by atoms with Crippen molar-refractivity contribution in [1.29, 1.82) is 0 Å². The van der Waals surface area contributed by atoms with E-state index in [1.165, 1.54) is 0 Å². The van der Waals surface area contributed by atoms with E-state index in [1.54, 1.807) is 6.20 Å². The fraction of sp³-hybridized carbons (Fsp3) is 0.308. The van der Waals surface area contributed by atoms with Crippen LogP contribution in [0.5, 0.6) is 0 Å². The molecule has 0 unspecified atom stereocenters. The quantitative estimate of drug-likeness (QED) is 0.904. The van der Waals surface area contributed by atoms with Crippen molar-refractivity contribution < 1.29 is 4.42 Å². The summed E-state index contributed by atoms with van der Waals surface area (Å²) in [6.07, 6.45) is 1.73. The first-order chi connectivity index (χ1) is 8.20. The number of benzene rings is 1. The van der Waals surface area contributed by atoms with Gasteiger partial charge in [0.25, 0.3) is 0 Å². The second-order valence-electron chi connectivity index (χ2n) is 3.86. The lowest BCUT2D eigenvalue weighted by molar-refractivity contribution is 0.482. The van der Waals surface area contributed by atoms with Crippen LogP contribution < -0.4 is 5.32 Å². The number of hydrogen-bond donors (Lipinski definition) is 1. The third kappa shape index (κ3) is 2.87. The Morgan fingerprint density at radius 2 is 2.24 bits per heavy atom. The predicted molar refractivity (Wildman–Crippen MR) is 69.1 cm³/mol. The normalized spacial score (nSPS) is 10.8. The Balaban J connectivity index is 2.21. The second-order valence-corrected chi connectivity index (χ2v) is 4.27. The molecule has 0 radical (unpaired) electrons. The highest BCUT2D eigenvalue weighted by Crippen LogP contribution is 2.25. The van der Waals surface area contributed by atoms with Gasteiger partial charge in [0.1, 0.15) is 0 Å². The summed E-state index contributed by atoms with van der Waals surface area (Å²) in [6.45, 7) is 5.57. The molecule has 1 heterocycles. The summed E-state index contributed by atoms with van der Waals surface area (Å²) in [5.41, 5.74) is 2.01. The van der Waals surface area contributed by atoms with Crippen LogP contribution in [-0.2, 0) is 6.54 Å². The van der Waals surface area contributed by atoms with Gasteiger partial charge in [-0.1, -0.05) is 30.7 Å². The maximum atomic E-state index is 6.08. The highest BCUT2D eigenvalue weighted by Gasteiger charge is 2.07. The van der Waals surface area contributed by atoms with Crippen LogP contribution in [-0.4, -0.2) is 11.5 Å². The molecule has 3 nitrogen and oxygen atoms in total. The van der Waals surface area contributed by atoms with Crippen molar-refractivity contribution in [2.45, 2.75) is 20.4 Å². The number of oxazole rings is 1. The summed E-state index contributed by atoms with van der Waals surface area (Å²) in [5, 5.41) is 3.91. The van der Waals surface area contributed by atoms with Gasteiger partial charge in [0, 0.05) is 10.6 Å². The number of aromatic nitrogens is 1. The minimum Gasteiger partial charge on any atom is -0.439 e. The summed E-state index contributed by atoms with van der Waals surface area (Å²) in [5.74, 6) is 1.44. The maximum absolute atomic E-state index is 6.08. The van der Waals surface area contributed by atoms with Crippen LogP contribution in [0, 0.1) is 6.92 Å². The molecule has 4 heteroatoms. The van der Waals surface area contributed by atoms with Crippen molar-refractivity contribution in [2.24, 2.45) is 0 Å². The van der Waals surface area contributed by atoms with E-state index in [0.717, 1.165) is 28.5 Å². The standard InChI is InChI=1S/C13H15ClN2O/c1-3-15-8-13-16-7-12(17-13)10-5-4-9(2)11(14)6-10/h4-7,15H,3,8H2,1-2H3. The molecule has 0 saturated heterocycles. The summed E-state index contributed by atoms with van der Waals surface area (Å²) >= 11 is 6.08. The molecular weight excluding hydrogens is 236 g/mol. The third-order valence-electron chi connectivity index (χ3n) is 2.54. The molecule has 1 aromatic heterocycles. The van der Waals surface area contributed by atoms with Crippen LogP contribution in [0.25, 0.3) is 11.3 Å². The third-order valence-corrected chi connectivity index (χ3v) is 2.94. The molecule has 0 aliphatic heterocycles. The zero-order valence-electron chi connectivity index (χ0n) is 9.96. The molecule has 0 aliphatic carbocycles. The Hall–Kier alpha value is -1.32. The van der Waals surface area contributed by atoms with Gasteiger partial charge >= 0.3 is 0 Å². The molecule has 1 aromatic carbocycles. The summed E-state index contributed by atoms with van der Waals surface area (Å²) < 4.78 is 5.63. The first-order valence-electron chi connectivity index (χ1n) is 5.62. The first kappa shape index (κ1) is 12.1. The molecule has 0 amide bonds. The molecule has 2 rings (SSSR count). The molecule has 17 heavy (non-hydrogen) atoms. The molecule has 0 fully saturated rings. The number of hydrogen-bond acceptors (Lipinski definition) is 3. The van der Waals surface area contributed by atoms with E-state index in [-0.39, 0.29) is 0 Å². The lowest BCUT2D eigenvalue weighted by Gasteiger charge is -2.00. The minimum atomic E-state index is 0.649. The van der Waals surface area contributed by atoms with Crippen molar-refractivity contribution in [3.05, 3.63) is 40.9 Å². The van der Waals surface area contributed by atoms with Crippen molar-refractivity contribution >= 4 is 11.6 Å². The van der Waals surface area contributed by atoms with Gasteiger partial charge in [0.2, 0.25) is 5.89 Å². The SMILES string of the molecule is CCNCc1ncc(-c2ccc(C)c(Cl)c2)o1. The monoisotopic (exact) mass is 250 g/mol. The van der Waals surface area contributed by atoms with Gasteiger partial charge in [-0.3, -0.25) is 0 Å². The van der Waals surface area contributed by atoms with E-state index in [4.69, 9.17) is 16.0 Å². The minimum absolute atomic E-state index is 0.649. The van der Waals surface area contributed by atoms with E-state index < -0.39 is 0 Å². The summed E-state index contributed by atoms with van der Waals surface area (Å²) in [4.78, 5) is 4.21. The summed E-state index contributed by atoms with van der Waals surface area (Å²) in [6, 6.07) is 5.86. The highest BCUT2D eigenvalue weighted by atomic mass is 35.5. The fourth-order valence-electron chi connectivity index (χ4n) is 1.50. The number of aryl methyl sites for hydroxylation is 1. The lowest BCUT2D eigenvalue weighted by Crippen LogP contribution is -2.11. The molecule has 0 atom stereocenters. The van der Waals surface area contributed by atoms with E-state index in [2.05, 4.69) is 10.3 Å². The fourth-order valence-corrected chi connectivity index (χ4v) is 1.68. The van der Waals surface area contributed by atoms with Gasteiger partial charge in [-0.05, 0) is 25.1 Å². The van der Waals surface area contributed by atoms with Gasteiger partial charge in [-0.15, -0.1) is 0 Å². The number of nitrogens with one attached hydrogen (secondary N) is 1. The Labute approximate surface area is 106 Å². The predicted octanol–water partition coefficient (Wildman–Crippen LogP) is 3.41. The van der Waals surface area contributed by atoms with Gasteiger partial charge in [-0.2, -0.15) is 0 Å². The van der Waals surface area contributed by atoms with Crippen LogP contribution in [0.1, 0.15) is 18.4 Å². The number of halogens is 1. The molecule has 2 aromatic rings. The zero-order chi connectivity index (χ0) is 12.3. The maximum Gasteiger partial charge on any atom is 0.208 e. The van der Waals surface area contributed by atoms with E-state index in [1.807, 2.05) is 32.0 Å². The topological polar surface area (TPSA) is 38.1 Å². The first-order valence-corrected chi connectivity index (χ1v) is 6.00. The molecule has 1 N–H and O–H groups in total. The Bertz CT molecular complexity index is 508. The molecule has 0 spiro atoms. The van der Waals surface area contributed by atoms with Crippen LogP contribution in [0.15, 0.2) is 28.8 Å². The van der Waals surface area contributed by atoms with Crippen LogP contribution in [0.4, 0.5) is 0 Å². The Kier molecular flexibility index (Phi) is 3.82. The molecular formula is C13H15ClN2O. The van der Waals surface area contributed by atoms with Crippen LogP contribution in [0.3, 0.4) is 0 Å². The van der Waals surface area contributed by atoms with Crippen LogP contribution >= 0.6 is 11.6 Å². The number of nitrogens with zero attached hydrogens (tertiary/aromatic N) is 1. The van der Waals surface area contributed by atoms with Crippen molar-refractivity contribution in [3.63, 3.8) is 0 Å². The highest BCUT2D eigenvalue weighted by molar-refractivity contribution is 6.31. The lowest BCUT2D eigenvalue weighted by atomic mass is 10.1. The van der Waals surface area contributed by atoms with Crippen molar-refractivity contribution in [2.75, 3.05) is 6.54 Å². The summed E-state index contributed by atoms with van der Waals surface area (Å²) in [7, 11) is 0. The number of rotatable bonds is 4. The zero-order valence-corrected chi connectivity index (χ0v) is 10.7.